The second-order valence-corrected chi connectivity index (χ2v) is 5.89. The average Bonchev–Trinajstić information content (AvgIpc) is 3.21. The van der Waals surface area contributed by atoms with Crippen molar-refractivity contribution in [1.29, 1.82) is 0 Å². The van der Waals surface area contributed by atoms with Gasteiger partial charge in [-0.25, -0.2) is 14.6 Å². The second kappa shape index (κ2) is 8.17. The topological polar surface area (TPSA) is 111 Å². The van der Waals surface area contributed by atoms with Gasteiger partial charge in [0, 0.05) is 6.61 Å². The molecule has 1 saturated heterocycles. The highest BCUT2D eigenvalue weighted by Gasteiger charge is 2.30. The van der Waals surface area contributed by atoms with Gasteiger partial charge in [0.25, 0.3) is 0 Å². The number of hydrogen-bond acceptors (Lipinski definition) is 8. The van der Waals surface area contributed by atoms with E-state index >= 15 is 0 Å². The van der Waals surface area contributed by atoms with E-state index in [0.29, 0.717) is 35.6 Å². The lowest BCUT2D eigenvalue weighted by atomic mass is 10.2. The molecule has 0 amide bonds. The number of methoxy groups -OCH3 is 1. The van der Waals surface area contributed by atoms with E-state index in [0.717, 1.165) is 13.5 Å². The third kappa shape index (κ3) is 3.92. The summed E-state index contributed by atoms with van der Waals surface area (Å²) < 4.78 is 21.0. The number of carbonyl (C=O) groups excluding carboxylic acids is 2. The fourth-order valence-corrected chi connectivity index (χ4v) is 2.85. The van der Waals surface area contributed by atoms with Crippen LogP contribution < -0.4 is 9.47 Å². The number of hydrogen-bond donors (Lipinski definition) is 0. The van der Waals surface area contributed by atoms with E-state index in [1.165, 1.54) is 6.07 Å². The monoisotopic (exact) mass is 376 g/mol. The number of ether oxygens (including phenoxy) is 4. The second-order valence-electron chi connectivity index (χ2n) is 5.89. The molecule has 0 radical (unpaired) electrons. The maximum atomic E-state index is 12.8. The molecule has 0 bridgehead atoms. The molecule has 0 spiro atoms. The van der Waals surface area contributed by atoms with Crippen LogP contribution in [0.5, 0.6) is 5.75 Å². The van der Waals surface area contributed by atoms with E-state index in [4.69, 9.17) is 18.9 Å². The van der Waals surface area contributed by atoms with Gasteiger partial charge in [-0.05, 0) is 31.9 Å². The molecule has 0 N–H and O–H groups in total. The van der Waals surface area contributed by atoms with Crippen molar-refractivity contribution < 1.29 is 33.3 Å². The Morgan fingerprint density at radius 3 is 2.89 bits per heavy atom. The average molecular weight is 376 g/mol. The molecule has 1 unspecified atom stereocenters. The maximum Gasteiger partial charge on any atom is 0.406 e. The normalized spacial score (nSPS) is 16.3. The van der Waals surface area contributed by atoms with Gasteiger partial charge in [0.15, 0.2) is 11.8 Å². The molecule has 0 aliphatic carbocycles. The first-order chi connectivity index (χ1) is 13.0. The molecule has 27 heavy (non-hydrogen) atoms. The summed E-state index contributed by atoms with van der Waals surface area (Å²) in [5, 5.41) is 12.8. The van der Waals surface area contributed by atoms with Crippen LogP contribution in [-0.2, 0) is 25.6 Å². The predicted molar refractivity (Wildman–Crippen MR) is 92.0 cm³/mol. The summed E-state index contributed by atoms with van der Waals surface area (Å²) in [7, 11) is 1.16. The zero-order valence-corrected chi connectivity index (χ0v) is 15.1. The molecule has 144 valence electrons. The molecular formula is C18H20N2O7. The lowest BCUT2D eigenvalue weighted by molar-refractivity contribution is -0.581. The van der Waals surface area contributed by atoms with E-state index in [1.54, 1.807) is 12.1 Å². The van der Waals surface area contributed by atoms with Gasteiger partial charge < -0.3 is 24.2 Å². The third-order valence-electron chi connectivity index (χ3n) is 4.13. The van der Waals surface area contributed by atoms with Crippen molar-refractivity contribution in [3.05, 3.63) is 34.8 Å². The molecule has 2 heterocycles. The van der Waals surface area contributed by atoms with Gasteiger partial charge in [0.1, 0.15) is 17.9 Å². The van der Waals surface area contributed by atoms with Gasteiger partial charge in [0.05, 0.1) is 19.8 Å². The van der Waals surface area contributed by atoms with Crippen molar-refractivity contribution in [3.8, 4) is 5.75 Å². The van der Waals surface area contributed by atoms with E-state index in [1.807, 2.05) is 6.92 Å². The van der Waals surface area contributed by atoms with Crippen molar-refractivity contribution in [2.45, 2.75) is 32.5 Å². The number of fused-ring (bicyclic) bond motifs is 1. The first kappa shape index (κ1) is 18.8. The Balaban J connectivity index is 1.95. The van der Waals surface area contributed by atoms with Crippen molar-refractivity contribution >= 4 is 23.0 Å². The van der Waals surface area contributed by atoms with Gasteiger partial charge >= 0.3 is 17.6 Å². The molecule has 1 fully saturated rings. The molecule has 9 nitrogen and oxygen atoms in total. The highest BCUT2D eigenvalue weighted by Crippen LogP contribution is 2.20. The number of carbonyl (C=O) groups is 2. The van der Waals surface area contributed by atoms with Crippen LogP contribution in [0.25, 0.3) is 11.0 Å². The Hall–Kier alpha value is -2.94. The molecule has 3 rings (SSSR count). The molecule has 9 heteroatoms. The zero-order chi connectivity index (χ0) is 19.4. The summed E-state index contributed by atoms with van der Waals surface area (Å²) in [5.41, 5.74) is 0.165. The molecule has 1 aromatic carbocycles. The molecule has 1 aliphatic rings. The largest absolute Gasteiger partial charge is 0.618 e. The van der Waals surface area contributed by atoms with Crippen LogP contribution >= 0.6 is 0 Å². The van der Waals surface area contributed by atoms with Gasteiger partial charge in [-0.1, -0.05) is 0 Å². The number of esters is 2. The Bertz CT molecular complexity index is 862. The molecule has 2 aromatic rings. The molecular weight excluding hydrogens is 356 g/mol. The minimum atomic E-state index is -0.871. The number of nitrogens with zero attached hydrogens (tertiary/aromatic N) is 2. The summed E-state index contributed by atoms with van der Waals surface area (Å²) in [6.07, 6.45) is 0.736. The lowest BCUT2D eigenvalue weighted by Gasteiger charge is -2.13. The van der Waals surface area contributed by atoms with Crippen LogP contribution in [0.15, 0.2) is 18.2 Å². The van der Waals surface area contributed by atoms with Gasteiger partial charge in [-0.2, -0.15) is 4.73 Å². The molecule has 0 saturated carbocycles. The van der Waals surface area contributed by atoms with E-state index < -0.39 is 18.0 Å². The minimum Gasteiger partial charge on any atom is -0.618 e. The zero-order valence-electron chi connectivity index (χ0n) is 15.1. The van der Waals surface area contributed by atoms with Gasteiger partial charge in [-0.15, -0.1) is 0 Å². The Morgan fingerprint density at radius 2 is 2.22 bits per heavy atom. The predicted octanol–water partition coefficient (Wildman–Crippen LogP) is 1.28. The summed E-state index contributed by atoms with van der Waals surface area (Å²) in [4.78, 5) is 28.5. The highest BCUT2D eigenvalue weighted by molar-refractivity contribution is 5.88. The summed E-state index contributed by atoms with van der Waals surface area (Å²) in [5.74, 6) is -0.941. The first-order valence-corrected chi connectivity index (χ1v) is 8.60. The minimum absolute atomic E-state index is 0.0138. The highest BCUT2D eigenvalue weighted by atomic mass is 16.6. The maximum absolute atomic E-state index is 12.8. The van der Waals surface area contributed by atoms with Crippen molar-refractivity contribution in [2.24, 2.45) is 0 Å². The van der Waals surface area contributed by atoms with Gasteiger partial charge in [0.2, 0.25) is 5.52 Å². The molecule has 1 aromatic heterocycles. The van der Waals surface area contributed by atoms with Crippen LogP contribution in [-0.4, -0.2) is 43.4 Å². The Kier molecular flexibility index (Phi) is 5.70. The van der Waals surface area contributed by atoms with Crippen LogP contribution in [0.4, 0.5) is 0 Å². The Labute approximate surface area is 155 Å². The van der Waals surface area contributed by atoms with E-state index in [9.17, 15) is 14.8 Å². The molecule has 1 atom stereocenters. The first-order valence-electron chi connectivity index (χ1n) is 8.60. The number of rotatable bonds is 6. The Morgan fingerprint density at radius 1 is 1.41 bits per heavy atom. The number of benzene rings is 1. The van der Waals surface area contributed by atoms with Crippen LogP contribution in [0.1, 0.15) is 35.9 Å². The standard InChI is InChI=1S/C18H20N2O7/c1-3-25-11-6-7-12-14(9-11)20(23)16(18(22)24-2)13(19-12)10-27-17(21)15-5-4-8-26-15/h6-7,9,15H,3-5,8,10H2,1-2H3. The lowest BCUT2D eigenvalue weighted by Crippen LogP contribution is -2.39. The van der Waals surface area contributed by atoms with E-state index in [2.05, 4.69) is 4.98 Å². The SMILES string of the molecule is CCOc1ccc2nc(COC(=O)C3CCCO3)c(C(=O)OC)[n+]([O-])c2c1. The van der Waals surface area contributed by atoms with Crippen LogP contribution in [0.2, 0.25) is 0 Å². The van der Waals surface area contributed by atoms with Crippen molar-refractivity contribution in [2.75, 3.05) is 20.3 Å². The van der Waals surface area contributed by atoms with Crippen LogP contribution in [0.3, 0.4) is 0 Å². The fraction of sp³-hybridized carbons (Fsp3) is 0.444. The van der Waals surface area contributed by atoms with Crippen LogP contribution in [0, 0.1) is 5.21 Å². The van der Waals surface area contributed by atoms with Gasteiger partial charge in [-0.3, -0.25) is 0 Å². The summed E-state index contributed by atoms with van der Waals surface area (Å²) >= 11 is 0. The summed E-state index contributed by atoms with van der Waals surface area (Å²) in [6.45, 7) is 2.41. The van der Waals surface area contributed by atoms with E-state index in [-0.39, 0.29) is 23.5 Å². The fourth-order valence-electron chi connectivity index (χ4n) is 2.85. The number of aromatic nitrogens is 2. The molecule has 1 aliphatic heterocycles. The third-order valence-corrected chi connectivity index (χ3v) is 4.13. The van der Waals surface area contributed by atoms with Crippen molar-refractivity contribution in [3.63, 3.8) is 0 Å². The quantitative estimate of drug-likeness (QED) is 0.421. The summed E-state index contributed by atoms with van der Waals surface area (Å²) in [6, 6.07) is 4.76. The van der Waals surface area contributed by atoms with Crippen molar-refractivity contribution in [1.82, 2.24) is 4.98 Å². The smallest absolute Gasteiger partial charge is 0.406 e.